The van der Waals surface area contributed by atoms with Gasteiger partial charge in [0.2, 0.25) is 11.8 Å². The Labute approximate surface area is 222 Å². The Kier molecular flexibility index (Phi) is 11.9. The number of amides is 3. The third-order valence-corrected chi connectivity index (χ3v) is 6.91. The number of alkyl carbamates (subject to hydrolysis) is 1. The van der Waals surface area contributed by atoms with Gasteiger partial charge in [0, 0.05) is 12.6 Å². The van der Waals surface area contributed by atoms with Crippen LogP contribution in [0.25, 0.3) is 0 Å². The first-order chi connectivity index (χ1) is 17.5. The van der Waals surface area contributed by atoms with E-state index in [9.17, 15) is 19.5 Å². The van der Waals surface area contributed by atoms with Crippen LogP contribution in [0.15, 0.2) is 18.2 Å². The van der Waals surface area contributed by atoms with Gasteiger partial charge in [-0.05, 0) is 70.6 Å². The van der Waals surface area contributed by atoms with Crippen molar-refractivity contribution in [3.05, 3.63) is 34.9 Å². The number of benzene rings is 1. The van der Waals surface area contributed by atoms with Gasteiger partial charge in [0.05, 0.1) is 6.61 Å². The number of hydrogen-bond donors (Lipinski definition) is 3. The number of hydrogen-bond acceptors (Lipinski definition) is 5. The van der Waals surface area contributed by atoms with Gasteiger partial charge in [0.15, 0.2) is 0 Å². The van der Waals surface area contributed by atoms with E-state index >= 15 is 0 Å². The maximum Gasteiger partial charge on any atom is 0.408 e. The Hall–Kier alpha value is -2.61. The molecular formula is C29H47N3O5. The maximum absolute atomic E-state index is 13.9. The van der Waals surface area contributed by atoms with E-state index in [2.05, 4.69) is 17.6 Å². The van der Waals surface area contributed by atoms with Crippen molar-refractivity contribution >= 4 is 17.9 Å². The van der Waals surface area contributed by atoms with Crippen molar-refractivity contribution in [3.63, 3.8) is 0 Å². The highest BCUT2D eigenvalue weighted by atomic mass is 16.6. The molecule has 8 nitrogen and oxygen atoms in total. The number of rotatable bonds is 11. The largest absolute Gasteiger partial charge is 0.444 e. The average molecular weight is 518 g/mol. The molecule has 3 amide bonds. The molecular weight excluding hydrogens is 470 g/mol. The minimum Gasteiger partial charge on any atom is -0.444 e. The lowest BCUT2D eigenvalue weighted by Gasteiger charge is -2.36. The fourth-order valence-corrected chi connectivity index (χ4v) is 4.78. The molecule has 1 aliphatic rings. The quantitative estimate of drug-likeness (QED) is 0.369. The van der Waals surface area contributed by atoms with Gasteiger partial charge in [0.1, 0.15) is 17.7 Å². The first-order valence-electron chi connectivity index (χ1n) is 13.8. The van der Waals surface area contributed by atoms with E-state index in [1.165, 1.54) is 11.3 Å². The van der Waals surface area contributed by atoms with Crippen molar-refractivity contribution < 1.29 is 24.2 Å². The fourth-order valence-electron chi connectivity index (χ4n) is 4.78. The highest BCUT2D eigenvalue weighted by Gasteiger charge is 2.37. The normalized spacial score (nSPS) is 16.0. The second kappa shape index (κ2) is 14.4. The smallest absolute Gasteiger partial charge is 0.408 e. The van der Waals surface area contributed by atoms with Crippen LogP contribution in [0.2, 0.25) is 0 Å². The molecule has 0 saturated heterocycles. The molecule has 0 spiro atoms. The number of unbranched alkanes of at least 4 members (excludes halogenated alkanes) is 2. The highest BCUT2D eigenvalue weighted by Crippen LogP contribution is 2.29. The number of nitrogens with one attached hydrogen (secondary N) is 2. The highest BCUT2D eigenvalue weighted by molar-refractivity contribution is 5.92. The summed E-state index contributed by atoms with van der Waals surface area (Å²) in [6.45, 7) is 10.9. The van der Waals surface area contributed by atoms with Crippen LogP contribution < -0.4 is 10.6 Å². The van der Waals surface area contributed by atoms with E-state index in [1.807, 2.05) is 32.0 Å². The molecule has 3 N–H and O–H groups in total. The molecule has 37 heavy (non-hydrogen) atoms. The van der Waals surface area contributed by atoms with Crippen molar-refractivity contribution in [3.8, 4) is 0 Å². The molecule has 0 bridgehead atoms. The molecule has 2 rings (SSSR count). The predicted octanol–water partition coefficient (Wildman–Crippen LogP) is 4.70. The minimum atomic E-state index is -1.23. The molecule has 0 heterocycles. The van der Waals surface area contributed by atoms with E-state index in [1.54, 1.807) is 20.8 Å². The van der Waals surface area contributed by atoms with Crippen LogP contribution in [0.1, 0.15) is 102 Å². The molecule has 1 aliphatic carbocycles. The van der Waals surface area contributed by atoms with Crippen molar-refractivity contribution in [2.45, 2.75) is 117 Å². The van der Waals surface area contributed by atoms with Crippen LogP contribution >= 0.6 is 0 Å². The molecule has 0 aromatic heterocycles. The van der Waals surface area contributed by atoms with Crippen molar-refractivity contribution in [1.82, 2.24) is 15.5 Å². The standard InChI is InChI=1S/C29H47N3O5/c1-7-8-12-18-32(27(35)24(19-33)31-28(36)37-29(4,5)6)25(23-17-13-14-20(2)21(23)3)26(34)30-22-15-10-9-11-16-22/h13-14,17,22,24-25,33H,7-12,15-16,18-19H2,1-6H3,(H,30,34)(H,31,36). The molecule has 1 fully saturated rings. The first kappa shape index (κ1) is 30.6. The predicted molar refractivity (Wildman–Crippen MR) is 145 cm³/mol. The second-order valence-corrected chi connectivity index (χ2v) is 11.2. The van der Waals surface area contributed by atoms with Gasteiger partial charge < -0.3 is 25.4 Å². The summed E-state index contributed by atoms with van der Waals surface area (Å²) in [5.74, 6) is -0.728. The van der Waals surface area contributed by atoms with Crippen LogP contribution in [0.3, 0.4) is 0 Å². The number of aliphatic hydroxyl groups excluding tert-OH is 1. The molecule has 0 radical (unpaired) electrons. The first-order valence-corrected chi connectivity index (χ1v) is 13.8. The zero-order valence-electron chi connectivity index (χ0n) is 23.6. The van der Waals surface area contributed by atoms with Crippen molar-refractivity contribution in [2.24, 2.45) is 0 Å². The monoisotopic (exact) mass is 517 g/mol. The number of carbonyl (C=O) groups is 3. The Morgan fingerprint density at radius 3 is 2.38 bits per heavy atom. The molecule has 1 aromatic rings. The SMILES string of the molecule is CCCCCN(C(=O)C(CO)NC(=O)OC(C)(C)C)C(C(=O)NC1CCCCC1)c1cccc(C)c1C. The number of carbonyl (C=O) groups excluding carboxylic acids is 3. The van der Waals surface area contributed by atoms with E-state index in [-0.39, 0.29) is 11.9 Å². The van der Waals surface area contributed by atoms with Crippen LogP contribution in [0, 0.1) is 13.8 Å². The van der Waals surface area contributed by atoms with Crippen LogP contribution in [-0.4, -0.2) is 58.8 Å². The maximum atomic E-state index is 13.9. The minimum absolute atomic E-state index is 0.0787. The van der Waals surface area contributed by atoms with E-state index in [0.29, 0.717) is 13.0 Å². The summed E-state index contributed by atoms with van der Waals surface area (Å²) in [4.78, 5) is 41.8. The van der Waals surface area contributed by atoms with E-state index < -0.39 is 36.3 Å². The molecule has 1 saturated carbocycles. The van der Waals surface area contributed by atoms with E-state index in [0.717, 1.165) is 55.2 Å². The molecule has 2 atom stereocenters. The van der Waals surface area contributed by atoms with Crippen molar-refractivity contribution in [2.75, 3.05) is 13.2 Å². The summed E-state index contributed by atoms with van der Waals surface area (Å²) >= 11 is 0. The summed E-state index contributed by atoms with van der Waals surface area (Å²) < 4.78 is 5.32. The second-order valence-electron chi connectivity index (χ2n) is 11.2. The molecule has 1 aromatic carbocycles. The van der Waals surface area contributed by atoms with Gasteiger partial charge in [-0.15, -0.1) is 0 Å². The summed E-state index contributed by atoms with van der Waals surface area (Å²) in [5, 5.41) is 15.8. The van der Waals surface area contributed by atoms with Gasteiger partial charge in [-0.1, -0.05) is 57.2 Å². The summed E-state index contributed by atoms with van der Waals surface area (Å²) in [7, 11) is 0. The molecule has 0 aliphatic heterocycles. The lowest BCUT2D eigenvalue weighted by molar-refractivity contribution is -0.143. The van der Waals surface area contributed by atoms with Gasteiger partial charge >= 0.3 is 6.09 Å². The fraction of sp³-hybridized carbons (Fsp3) is 0.690. The Bertz CT molecular complexity index is 905. The van der Waals surface area contributed by atoms with Crippen molar-refractivity contribution in [1.29, 1.82) is 0 Å². The molecule has 208 valence electrons. The average Bonchev–Trinajstić information content (AvgIpc) is 2.83. The summed E-state index contributed by atoms with van der Waals surface area (Å²) in [6, 6.07) is 3.75. The lowest BCUT2D eigenvalue weighted by atomic mass is 9.92. The van der Waals surface area contributed by atoms with Crippen LogP contribution in [-0.2, 0) is 14.3 Å². The number of nitrogens with zero attached hydrogens (tertiary/aromatic N) is 1. The van der Waals surface area contributed by atoms with Gasteiger partial charge in [-0.2, -0.15) is 0 Å². The summed E-state index contributed by atoms with van der Waals surface area (Å²) in [6.07, 6.45) is 6.91. The van der Waals surface area contributed by atoms with Gasteiger partial charge in [0.25, 0.3) is 0 Å². The molecule has 8 heteroatoms. The third kappa shape index (κ3) is 9.33. The summed E-state index contributed by atoms with van der Waals surface area (Å²) in [5.41, 5.74) is 1.97. The zero-order chi connectivity index (χ0) is 27.6. The van der Waals surface area contributed by atoms with Crippen LogP contribution in [0.5, 0.6) is 0 Å². The number of ether oxygens (including phenoxy) is 1. The molecule has 2 unspecified atom stereocenters. The topological polar surface area (TPSA) is 108 Å². The zero-order valence-corrected chi connectivity index (χ0v) is 23.6. The lowest BCUT2D eigenvalue weighted by Crippen LogP contribution is -2.55. The van der Waals surface area contributed by atoms with Crippen LogP contribution in [0.4, 0.5) is 4.79 Å². The number of aliphatic hydroxyl groups is 1. The van der Waals surface area contributed by atoms with Gasteiger partial charge in [-0.3, -0.25) is 9.59 Å². The van der Waals surface area contributed by atoms with E-state index in [4.69, 9.17) is 4.74 Å². The Balaban J connectivity index is 2.45. The van der Waals surface area contributed by atoms with Gasteiger partial charge in [-0.25, -0.2) is 4.79 Å². The number of aryl methyl sites for hydroxylation is 1. The Morgan fingerprint density at radius 1 is 1.11 bits per heavy atom. The Morgan fingerprint density at radius 2 is 1.78 bits per heavy atom. The third-order valence-electron chi connectivity index (χ3n) is 6.91.